The van der Waals surface area contributed by atoms with Crippen LogP contribution in [0.1, 0.15) is 27.5 Å². The Morgan fingerprint density at radius 2 is 2.22 bits per heavy atom. The van der Waals surface area contributed by atoms with E-state index >= 15 is 0 Å². The highest BCUT2D eigenvalue weighted by Gasteiger charge is 2.15. The van der Waals surface area contributed by atoms with E-state index in [-0.39, 0.29) is 5.91 Å². The van der Waals surface area contributed by atoms with Crippen molar-refractivity contribution < 1.29 is 9.32 Å². The topological polar surface area (TPSA) is 73.0 Å². The minimum Gasteiger partial charge on any atom is -0.361 e. The number of hydrogen-bond acceptors (Lipinski definition) is 5. The molecule has 120 valence electrons. The molecule has 3 aromatic rings. The number of rotatable bonds is 5. The summed E-state index contributed by atoms with van der Waals surface area (Å²) in [6.07, 6.45) is 1.43. The summed E-state index contributed by atoms with van der Waals surface area (Å²) in [5.41, 5.74) is 4.95. The monoisotopic (exact) mass is 330 g/mol. The molecule has 23 heavy (non-hydrogen) atoms. The molecule has 3 heterocycles. The van der Waals surface area contributed by atoms with Crippen LogP contribution in [0.3, 0.4) is 0 Å². The van der Waals surface area contributed by atoms with Gasteiger partial charge in [0.2, 0.25) is 0 Å². The van der Waals surface area contributed by atoms with Gasteiger partial charge in [-0.05, 0) is 43.2 Å². The van der Waals surface area contributed by atoms with Crippen molar-refractivity contribution in [3.63, 3.8) is 0 Å². The highest BCUT2D eigenvalue weighted by Crippen LogP contribution is 2.28. The molecule has 0 atom stereocenters. The van der Waals surface area contributed by atoms with Gasteiger partial charge in [0.05, 0.1) is 18.4 Å². The molecule has 6 nitrogen and oxygen atoms in total. The van der Waals surface area contributed by atoms with Crippen LogP contribution >= 0.6 is 11.3 Å². The normalized spacial score (nSPS) is 10.9. The molecule has 1 N–H and O–H groups in total. The lowest BCUT2D eigenvalue weighted by Crippen LogP contribution is -2.28. The Morgan fingerprint density at radius 3 is 2.87 bits per heavy atom. The third kappa shape index (κ3) is 3.05. The van der Waals surface area contributed by atoms with Gasteiger partial charge < -0.3 is 9.84 Å². The maximum atomic E-state index is 12.0. The number of amides is 1. The lowest BCUT2D eigenvalue weighted by molar-refractivity contribution is 0.0950. The summed E-state index contributed by atoms with van der Waals surface area (Å²) in [5.74, 6) is 0.344. The number of carbonyl (C=O) groups is 1. The Kier molecular flexibility index (Phi) is 4.29. The summed E-state index contributed by atoms with van der Waals surface area (Å²) in [6.45, 7) is 6.89. The Hall–Kier alpha value is -2.41. The second-order valence-electron chi connectivity index (χ2n) is 5.33. The predicted octanol–water partition coefficient (Wildman–Crippen LogP) is 2.95. The van der Waals surface area contributed by atoms with Crippen LogP contribution in [0.15, 0.2) is 27.5 Å². The van der Waals surface area contributed by atoms with E-state index in [1.165, 1.54) is 17.3 Å². The number of aryl methyl sites for hydroxylation is 2. The van der Waals surface area contributed by atoms with Crippen LogP contribution < -0.4 is 5.32 Å². The molecule has 0 bridgehead atoms. The van der Waals surface area contributed by atoms with Crippen molar-refractivity contribution in [1.29, 1.82) is 0 Å². The fourth-order valence-electron chi connectivity index (χ4n) is 2.63. The number of carbonyl (C=O) groups excluding carboxylic acids is 1. The Balaban J connectivity index is 1.67. The van der Waals surface area contributed by atoms with E-state index in [0.717, 1.165) is 11.4 Å². The maximum Gasteiger partial charge on any atom is 0.256 e. The van der Waals surface area contributed by atoms with Crippen LogP contribution in [0.4, 0.5) is 0 Å². The van der Waals surface area contributed by atoms with E-state index in [4.69, 9.17) is 4.52 Å². The summed E-state index contributed by atoms with van der Waals surface area (Å²) in [4.78, 5) is 12.0. The predicted molar refractivity (Wildman–Crippen MR) is 88.6 cm³/mol. The van der Waals surface area contributed by atoms with Gasteiger partial charge in [-0.3, -0.25) is 9.48 Å². The molecular weight excluding hydrogens is 312 g/mol. The molecule has 3 aromatic heterocycles. The minimum absolute atomic E-state index is 0.177. The Bertz CT molecular complexity index is 817. The molecule has 0 saturated carbocycles. The van der Waals surface area contributed by atoms with E-state index in [2.05, 4.69) is 39.3 Å². The number of thiophene rings is 1. The number of aromatic nitrogens is 3. The molecule has 0 fully saturated rings. The lowest BCUT2D eigenvalue weighted by atomic mass is 10.1. The molecule has 0 aliphatic rings. The summed E-state index contributed by atoms with van der Waals surface area (Å²) in [5, 5.41) is 15.2. The number of nitrogens with zero attached hydrogens (tertiary/aromatic N) is 3. The van der Waals surface area contributed by atoms with Gasteiger partial charge in [-0.2, -0.15) is 16.4 Å². The van der Waals surface area contributed by atoms with E-state index in [9.17, 15) is 4.79 Å². The van der Waals surface area contributed by atoms with Gasteiger partial charge >= 0.3 is 0 Å². The first-order valence-corrected chi connectivity index (χ1v) is 8.28. The van der Waals surface area contributed by atoms with Crippen molar-refractivity contribution in [3.05, 3.63) is 45.7 Å². The van der Waals surface area contributed by atoms with Crippen LogP contribution in [0.25, 0.3) is 11.1 Å². The molecule has 0 saturated heterocycles. The number of nitrogens with one attached hydrogen (secondary N) is 1. The van der Waals surface area contributed by atoms with Crippen LogP contribution in [0.5, 0.6) is 0 Å². The van der Waals surface area contributed by atoms with Crippen LogP contribution in [-0.2, 0) is 6.54 Å². The molecule has 1 amide bonds. The zero-order valence-electron chi connectivity index (χ0n) is 13.3. The Labute approximate surface area is 138 Å². The van der Waals surface area contributed by atoms with Crippen molar-refractivity contribution in [2.75, 3.05) is 6.54 Å². The first-order chi connectivity index (χ1) is 11.1. The summed E-state index contributed by atoms with van der Waals surface area (Å²) < 4.78 is 6.84. The molecule has 0 radical (unpaired) electrons. The van der Waals surface area contributed by atoms with Crippen LogP contribution in [0, 0.1) is 20.8 Å². The quantitative estimate of drug-likeness (QED) is 0.780. The molecule has 0 aromatic carbocycles. The first kappa shape index (κ1) is 15.5. The van der Waals surface area contributed by atoms with Gasteiger partial charge in [0.1, 0.15) is 11.3 Å². The zero-order valence-corrected chi connectivity index (χ0v) is 14.1. The van der Waals surface area contributed by atoms with E-state index < -0.39 is 0 Å². The standard InChI is InChI=1S/C16H18N4O2S/c1-10-15(13-4-7-23-9-13)11(2)20(19-10)6-5-17-16(21)14-8-18-22-12(14)3/h4,7-9H,5-6H2,1-3H3,(H,17,21). The average Bonchev–Trinajstić information content (AvgIpc) is 3.22. The van der Waals surface area contributed by atoms with Crippen LogP contribution in [-0.4, -0.2) is 27.4 Å². The smallest absolute Gasteiger partial charge is 0.256 e. The summed E-state index contributed by atoms with van der Waals surface area (Å²) >= 11 is 1.67. The highest BCUT2D eigenvalue weighted by molar-refractivity contribution is 7.08. The van der Waals surface area contributed by atoms with Gasteiger partial charge in [0.15, 0.2) is 0 Å². The third-order valence-electron chi connectivity index (χ3n) is 3.80. The van der Waals surface area contributed by atoms with Crippen LogP contribution in [0.2, 0.25) is 0 Å². The SMILES string of the molecule is Cc1nn(CCNC(=O)c2cnoc2C)c(C)c1-c1ccsc1. The van der Waals surface area contributed by atoms with Crippen molar-refractivity contribution in [2.45, 2.75) is 27.3 Å². The molecular formula is C16H18N4O2S. The fourth-order valence-corrected chi connectivity index (χ4v) is 3.27. The maximum absolute atomic E-state index is 12.0. The summed E-state index contributed by atoms with van der Waals surface area (Å²) in [6, 6.07) is 2.10. The lowest BCUT2D eigenvalue weighted by Gasteiger charge is -2.07. The van der Waals surface area contributed by atoms with E-state index in [1.54, 1.807) is 18.3 Å². The number of hydrogen-bond donors (Lipinski definition) is 1. The van der Waals surface area contributed by atoms with Crippen molar-refractivity contribution >= 4 is 17.2 Å². The molecule has 0 aliphatic heterocycles. The molecule has 0 aliphatic carbocycles. The van der Waals surface area contributed by atoms with E-state index in [1.807, 2.05) is 11.6 Å². The second kappa shape index (κ2) is 6.37. The molecule has 3 rings (SSSR count). The van der Waals surface area contributed by atoms with Crippen molar-refractivity contribution in [1.82, 2.24) is 20.3 Å². The zero-order chi connectivity index (χ0) is 16.4. The molecule has 0 unspecified atom stereocenters. The van der Waals surface area contributed by atoms with Gasteiger partial charge in [0.25, 0.3) is 5.91 Å². The fraction of sp³-hybridized carbons (Fsp3) is 0.312. The largest absolute Gasteiger partial charge is 0.361 e. The van der Waals surface area contributed by atoms with Gasteiger partial charge in [-0.15, -0.1) is 0 Å². The second-order valence-corrected chi connectivity index (χ2v) is 6.11. The van der Waals surface area contributed by atoms with E-state index in [0.29, 0.717) is 24.4 Å². The first-order valence-electron chi connectivity index (χ1n) is 7.34. The average molecular weight is 330 g/mol. The van der Waals surface area contributed by atoms with Gasteiger partial charge in [-0.1, -0.05) is 5.16 Å². The third-order valence-corrected chi connectivity index (χ3v) is 4.48. The van der Waals surface area contributed by atoms with Gasteiger partial charge in [-0.25, -0.2) is 0 Å². The summed E-state index contributed by atoms with van der Waals surface area (Å²) in [7, 11) is 0. The molecule has 7 heteroatoms. The van der Waals surface area contributed by atoms with Crippen molar-refractivity contribution in [3.8, 4) is 11.1 Å². The Morgan fingerprint density at radius 1 is 1.39 bits per heavy atom. The molecule has 0 spiro atoms. The van der Waals surface area contributed by atoms with Gasteiger partial charge in [0, 0.05) is 17.8 Å². The van der Waals surface area contributed by atoms with Crippen molar-refractivity contribution in [2.24, 2.45) is 0 Å². The minimum atomic E-state index is -0.177. The highest BCUT2D eigenvalue weighted by atomic mass is 32.1.